The van der Waals surface area contributed by atoms with Crippen molar-refractivity contribution in [3.05, 3.63) is 30.3 Å². The Morgan fingerprint density at radius 2 is 0.313 bits per heavy atom. The number of rotatable bonds is 43. The van der Waals surface area contributed by atoms with Gasteiger partial charge in [0, 0.05) is 157 Å². The van der Waals surface area contributed by atoms with E-state index >= 15 is 0 Å². The molecular weight excluding hydrogens is 2050 g/mol. The average Bonchev–Trinajstić information content (AvgIpc) is 0.750. The van der Waals surface area contributed by atoms with Gasteiger partial charge in [-0.15, -0.1) is 0 Å². The van der Waals surface area contributed by atoms with Gasteiger partial charge >= 0.3 is 131 Å². The first-order valence-electron chi connectivity index (χ1n) is 46.2. The summed E-state index contributed by atoms with van der Waals surface area (Å²) in [6, 6.07) is 8.32. The molecule has 57 nitrogen and oxygen atoms in total. The maximum Gasteiger partial charge on any atom is 0.303 e. The Labute approximate surface area is 858 Å². The van der Waals surface area contributed by atoms with Gasteiger partial charge in [0.25, 0.3) is 0 Å². The van der Waals surface area contributed by atoms with Crippen LogP contribution in [0.25, 0.3) is 0 Å². The van der Waals surface area contributed by atoms with Crippen molar-refractivity contribution in [2.75, 3.05) is 46.2 Å². The summed E-state index contributed by atoms with van der Waals surface area (Å²) in [7, 11) is 0. The van der Waals surface area contributed by atoms with Crippen LogP contribution in [0.15, 0.2) is 35.2 Å². The Hall–Kier alpha value is -12.6. The van der Waals surface area contributed by atoms with Crippen LogP contribution in [0.3, 0.4) is 0 Å². The molecule has 0 bridgehead atoms. The smallest absolute Gasteiger partial charge is 0.303 e. The third-order valence-corrected chi connectivity index (χ3v) is 22.7. The highest BCUT2D eigenvalue weighted by molar-refractivity contribution is 7.99. The summed E-state index contributed by atoms with van der Waals surface area (Å²) in [5.41, 5.74) is -1.34. The molecule has 0 amide bonds. The highest BCUT2D eigenvalue weighted by atomic mass is 32.2. The van der Waals surface area contributed by atoms with E-state index < -0.39 is 392 Å². The molecule has 58 heteroatoms. The number of carbonyl (C=O) groups is 22. The van der Waals surface area contributed by atoms with E-state index in [1.807, 2.05) is 0 Å². The van der Waals surface area contributed by atoms with Gasteiger partial charge in [-0.05, 0) is 12.1 Å². The van der Waals surface area contributed by atoms with Crippen LogP contribution in [0.4, 0.5) is 0 Å². The van der Waals surface area contributed by atoms with Gasteiger partial charge in [0.15, 0.2) is 129 Å². The SMILES string of the molecule is CC(=O)OC[C@H]1O[C@@H](Sc2ccccc2)[C@H](OC(C)=O)[C@@H](OC(C)=O)[C@@H]1O[C@H]1O[C@H](COC(C)=O)[C@@H](O[C@H]2O[C@H](COC(C)=O)[C@@H](O[C@H]3O[C@H](COC(C)=O)[C@@H](O[C@H]4O[C@H](COC(C)=O)[C@@H](O[C@H]5O[C@H](COC(C)=O)[C@@H](O[C@H]6O[C@H](COC(C)=O)[C@@H](OC(C)=O)[C@H](OC(C)=O)[C@H]6OC(C)=O)[C@H](OC(C)=O)[C@H]5OC(C)=O)[C@H](OC(C)=O)[C@H]4OC(C)=O)[C@H](OC(C)=O)[C@H]3OC(C)=O)[C@H](OC(C)=O)[C@H]2OC(C)=O)[C@H](OC(C)=O)[C@H]1OC(C)=O. The molecular formula is C92H120O57S. The second kappa shape index (κ2) is 57.0. The van der Waals surface area contributed by atoms with E-state index in [0.29, 0.717) is 4.90 Å². The van der Waals surface area contributed by atoms with E-state index in [9.17, 15) is 105 Å². The van der Waals surface area contributed by atoms with Crippen molar-refractivity contribution in [3.8, 4) is 0 Å². The van der Waals surface area contributed by atoms with Crippen LogP contribution in [-0.2, 0) is 271 Å². The molecule has 35 atom stereocenters. The Morgan fingerprint density at radius 1 is 0.173 bits per heavy atom. The van der Waals surface area contributed by atoms with E-state index in [1.54, 1.807) is 30.3 Å². The number of carbonyl (C=O) groups excluding carboxylic acids is 22. The van der Waals surface area contributed by atoms with Crippen molar-refractivity contribution < 1.29 is 271 Å². The third-order valence-electron chi connectivity index (χ3n) is 21.6. The van der Waals surface area contributed by atoms with E-state index in [-0.39, 0.29) is 0 Å². The highest BCUT2D eigenvalue weighted by Gasteiger charge is 2.66. The molecule has 1 aromatic carbocycles. The summed E-state index contributed by atoms with van der Waals surface area (Å²) in [6.45, 7) is 12.3. The lowest BCUT2D eigenvalue weighted by Crippen LogP contribution is -2.70. The predicted molar refractivity (Wildman–Crippen MR) is 472 cm³/mol. The van der Waals surface area contributed by atoms with Gasteiger partial charge < -0.3 is 166 Å². The summed E-state index contributed by atoms with van der Waals surface area (Å²) in [5.74, 6) is -25.5. The molecule has 0 spiro atoms. The van der Waals surface area contributed by atoms with Crippen LogP contribution in [0, 0.1) is 0 Å². The summed E-state index contributed by atoms with van der Waals surface area (Å²) in [6.07, 6.45) is -73.7. The second-order valence-corrected chi connectivity index (χ2v) is 35.2. The van der Waals surface area contributed by atoms with Gasteiger partial charge in [-0.1, -0.05) is 30.0 Å². The number of esters is 22. The topological polar surface area (TPSA) is 699 Å². The third kappa shape index (κ3) is 36.6. The molecule has 0 N–H and O–H groups in total. The van der Waals surface area contributed by atoms with Crippen LogP contribution in [0.5, 0.6) is 0 Å². The molecule has 0 radical (unpaired) electrons. The van der Waals surface area contributed by atoms with Crippen LogP contribution in [-0.4, -0.2) is 392 Å². The highest BCUT2D eigenvalue weighted by Crippen LogP contribution is 2.46. The normalized spacial score (nSPS) is 32.4. The van der Waals surface area contributed by atoms with Crippen LogP contribution in [0.1, 0.15) is 152 Å². The van der Waals surface area contributed by atoms with Gasteiger partial charge in [-0.2, -0.15) is 0 Å². The lowest BCUT2D eigenvalue weighted by molar-refractivity contribution is -0.397. The fraction of sp³-hybridized carbons (Fsp3) is 0.696. The van der Waals surface area contributed by atoms with Crippen molar-refractivity contribution in [2.45, 2.75) is 371 Å². The minimum Gasteiger partial charge on any atom is -0.463 e. The maximum absolute atomic E-state index is 14.0. The van der Waals surface area contributed by atoms with E-state index in [0.717, 1.165) is 164 Å². The zero-order valence-corrected chi connectivity index (χ0v) is 86.0. The number of benzene rings is 1. The Balaban J connectivity index is 1.26. The molecule has 0 saturated carbocycles. The second-order valence-electron chi connectivity index (χ2n) is 34.1. The van der Waals surface area contributed by atoms with Crippen molar-refractivity contribution >= 4 is 143 Å². The summed E-state index contributed by atoms with van der Waals surface area (Å²) >= 11 is 0.959. The van der Waals surface area contributed by atoms with Gasteiger partial charge in [0.1, 0.15) is 131 Å². The van der Waals surface area contributed by atoms with Gasteiger partial charge in [-0.25, -0.2) is 0 Å². The largest absolute Gasteiger partial charge is 0.463 e. The van der Waals surface area contributed by atoms with Crippen molar-refractivity contribution in [1.29, 1.82) is 0 Å². The van der Waals surface area contributed by atoms with Crippen molar-refractivity contribution in [3.63, 3.8) is 0 Å². The van der Waals surface area contributed by atoms with E-state index in [4.69, 9.17) is 166 Å². The minimum absolute atomic E-state index is 0.503. The molecule has 1 aromatic rings. The molecule has 7 aliphatic rings. The Kier molecular flexibility index (Phi) is 46.6. The lowest BCUT2D eigenvalue weighted by atomic mass is 9.94. The molecule has 0 unspecified atom stereocenters. The summed E-state index contributed by atoms with van der Waals surface area (Å²) in [5, 5.41) is 0. The first kappa shape index (κ1) is 123. The van der Waals surface area contributed by atoms with Crippen molar-refractivity contribution in [2.24, 2.45) is 0 Å². The predicted octanol–water partition coefficient (Wildman–Crippen LogP) is -0.919. The first-order valence-corrected chi connectivity index (χ1v) is 47.1. The van der Waals surface area contributed by atoms with Gasteiger partial charge in [0.05, 0.1) is 0 Å². The van der Waals surface area contributed by atoms with E-state index in [1.165, 1.54) is 0 Å². The van der Waals surface area contributed by atoms with Crippen LogP contribution >= 0.6 is 11.8 Å². The number of hydrogen-bond donors (Lipinski definition) is 0. The average molecular weight is 2170 g/mol. The molecule has 7 saturated heterocycles. The quantitative estimate of drug-likeness (QED) is 0.0564. The van der Waals surface area contributed by atoms with E-state index in [2.05, 4.69) is 0 Å². The Bertz CT molecular complexity index is 4880. The first-order chi connectivity index (χ1) is 70.4. The fourth-order valence-corrected chi connectivity index (χ4v) is 17.7. The zero-order chi connectivity index (χ0) is 111. The zero-order valence-electron chi connectivity index (χ0n) is 85.2. The van der Waals surface area contributed by atoms with Crippen molar-refractivity contribution in [1.82, 2.24) is 0 Å². The summed E-state index contributed by atoms with van der Waals surface area (Å²) in [4.78, 5) is 295. The Morgan fingerprint density at radius 3 is 0.487 bits per heavy atom. The standard InChI is InChI=1S/C92H120O57S/c1-35(93)115-28-58-65(122-42(8)100)72(123-43(9)101)79(130-50(16)108)86(137-58)144-66-59(29-116-36(2)94)138-87(80(131-51(17)109)73(66)124-44(10)102)145-67-60(30-117-37(3)95)139-88(81(132-52(18)110)74(67)125-45(11)103)146-68-61(31-118-38(4)96)140-89(82(133-53(19)111)75(68)126-46(12)104)147-69-62(32-119-39(5)97)141-90(83(134-54(20)112)76(69)127-47(13)105)148-70-63(33-120-40(6)98)142-91(84(135-55(21)113)77(70)128-48(14)106)149-71-64(34-121-41(7)99)143-92(150-57-26-24-23-25-27-57)85(136-56(22)114)78(71)129-49(15)107/h23-27,58-92H,28-34H2,1-22H3/t58-,59-,60-,61-,62-,63-,64-,65-,66-,67-,68-,69-,70-,71-,72+,73+,74+,75+,76+,77+,78+,79-,80-,81-,82-,83-,84-,85-,86-,87-,88-,89-,90-,91-,92+/m1/s1. The van der Waals surface area contributed by atoms with Crippen LogP contribution in [0.2, 0.25) is 0 Å². The minimum atomic E-state index is -2.49. The maximum atomic E-state index is 14.0. The molecule has 7 fully saturated rings. The molecule has 150 heavy (non-hydrogen) atoms. The lowest BCUT2D eigenvalue weighted by Gasteiger charge is -2.52. The fourth-order valence-electron chi connectivity index (χ4n) is 16.6. The monoisotopic (exact) mass is 2170 g/mol. The number of thioether (sulfide) groups is 1. The summed E-state index contributed by atoms with van der Waals surface area (Å²) < 4.78 is 211. The molecule has 7 aliphatic heterocycles. The number of ether oxygens (including phenoxy) is 35. The number of hydrogen-bond acceptors (Lipinski definition) is 58. The van der Waals surface area contributed by atoms with Gasteiger partial charge in [-0.3, -0.25) is 105 Å². The molecule has 0 aromatic heterocycles. The molecule has 0 aliphatic carbocycles. The van der Waals surface area contributed by atoms with Crippen LogP contribution < -0.4 is 0 Å². The van der Waals surface area contributed by atoms with Gasteiger partial charge in [0.2, 0.25) is 0 Å². The molecule has 7 heterocycles. The molecule has 8 rings (SSSR count). The molecule has 836 valence electrons.